The summed E-state index contributed by atoms with van der Waals surface area (Å²) in [6, 6.07) is 18.4. The maximum Gasteiger partial charge on any atom is 0.161 e. The van der Waals surface area contributed by atoms with E-state index in [0.717, 1.165) is 17.4 Å². The molecule has 2 nitrogen and oxygen atoms in total. The first-order valence-corrected chi connectivity index (χ1v) is 10.1. The van der Waals surface area contributed by atoms with E-state index in [0.29, 0.717) is 0 Å². The lowest BCUT2D eigenvalue weighted by Crippen LogP contribution is -2.48. The maximum absolute atomic E-state index is 11.6. The summed E-state index contributed by atoms with van der Waals surface area (Å²) < 4.78 is 0. The van der Waals surface area contributed by atoms with Gasteiger partial charge in [-0.25, -0.2) is 0 Å². The van der Waals surface area contributed by atoms with Gasteiger partial charge in [-0.2, -0.15) is 0 Å². The van der Waals surface area contributed by atoms with Crippen molar-refractivity contribution in [1.29, 1.82) is 0 Å². The number of rotatable bonds is 5. The predicted molar refractivity (Wildman–Crippen MR) is 88.5 cm³/mol. The summed E-state index contributed by atoms with van der Waals surface area (Å²) in [7, 11) is -1.54. The molecule has 0 fully saturated rings. The first-order valence-electron chi connectivity index (χ1n) is 6.90. The molecule has 0 aliphatic carbocycles. The Morgan fingerprint density at radius 3 is 2.25 bits per heavy atom. The molecule has 0 aliphatic heterocycles. The Kier molecular flexibility index (Phi) is 4.40. The number of hydrogen-bond donors (Lipinski definition) is 1. The van der Waals surface area contributed by atoms with Gasteiger partial charge in [0.25, 0.3) is 0 Å². The fourth-order valence-corrected chi connectivity index (χ4v) is 4.18. The molecule has 0 bridgehead atoms. The van der Waals surface area contributed by atoms with Gasteiger partial charge in [-0.05, 0) is 19.1 Å². The Labute approximate surface area is 121 Å². The number of carbonyl (C=O) groups is 1. The molecular weight excluding hydrogens is 262 g/mol. The molecule has 0 aromatic heterocycles. The summed E-state index contributed by atoms with van der Waals surface area (Å²) in [5.74, 6) is 0.104. The van der Waals surface area contributed by atoms with Crippen LogP contribution in [-0.2, 0) is 0 Å². The molecule has 20 heavy (non-hydrogen) atoms. The fraction of sp³-hybridized carbons (Fsp3) is 0.235. The second-order valence-electron chi connectivity index (χ2n) is 5.71. The van der Waals surface area contributed by atoms with E-state index in [2.05, 4.69) is 42.7 Å². The topological polar surface area (TPSA) is 29.1 Å². The van der Waals surface area contributed by atoms with Crippen molar-refractivity contribution in [3.05, 3.63) is 60.2 Å². The van der Waals surface area contributed by atoms with Crippen LogP contribution in [0.5, 0.6) is 0 Å². The third kappa shape index (κ3) is 3.36. The zero-order valence-electron chi connectivity index (χ0n) is 12.3. The van der Waals surface area contributed by atoms with Crippen LogP contribution in [0.25, 0.3) is 0 Å². The molecule has 0 amide bonds. The van der Waals surface area contributed by atoms with Gasteiger partial charge in [0.15, 0.2) is 5.78 Å². The SMILES string of the molecule is CC(=O)c1ccccc1NC[Si](C)(C)c1ccccc1. The van der Waals surface area contributed by atoms with Gasteiger partial charge in [0.2, 0.25) is 0 Å². The number of anilines is 1. The van der Waals surface area contributed by atoms with E-state index in [1.165, 1.54) is 5.19 Å². The standard InChI is InChI=1S/C17H21NOSi/c1-14(19)16-11-7-8-12-17(16)18-13-20(2,3)15-9-5-4-6-10-15/h4-12,18H,13H2,1-3H3. The van der Waals surface area contributed by atoms with Crippen LogP contribution >= 0.6 is 0 Å². The third-order valence-corrected chi connectivity index (χ3v) is 6.54. The average molecular weight is 283 g/mol. The molecule has 0 radical (unpaired) electrons. The summed E-state index contributed by atoms with van der Waals surface area (Å²) in [6.07, 6.45) is 0.918. The van der Waals surface area contributed by atoms with Crippen LogP contribution < -0.4 is 10.5 Å². The molecule has 0 aliphatic rings. The average Bonchev–Trinajstić information content (AvgIpc) is 2.46. The second kappa shape index (κ2) is 6.05. The van der Waals surface area contributed by atoms with Gasteiger partial charge in [-0.3, -0.25) is 4.79 Å². The van der Waals surface area contributed by atoms with E-state index in [4.69, 9.17) is 0 Å². The van der Waals surface area contributed by atoms with Gasteiger partial charge in [-0.1, -0.05) is 60.7 Å². The van der Waals surface area contributed by atoms with Crippen LogP contribution in [0.1, 0.15) is 17.3 Å². The Morgan fingerprint density at radius 2 is 1.60 bits per heavy atom. The quantitative estimate of drug-likeness (QED) is 0.672. The van der Waals surface area contributed by atoms with Crippen LogP contribution in [0.3, 0.4) is 0 Å². The first kappa shape index (κ1) is 14.5. The second-order valence-corrected chi connectivity index (χ2v) is 10.4. The third-order valence-electron chi connectivity index (χ3n) is 3.58. The lowest BCUT2D eigenvalue weighted by Gasteiger charge is -2.24. The van der Waals surface area contributed by atoms with Crippen LogP contribution in [0.2, 0.25) is 13.1 Å². The van der Waals surface area contributed by atoms with Gasteiger partial charge in [0.05, 0.1) is 0 Å². The van der Waals surface area contributed by atoms with Crippen molar-refractivity contribution in [2.45, 2.75) is 20.0 Å². The molecule has 2 aromatic rings. The molecular formula is C17H21NOSi. The number of para-hydroxylation sites is 1. The van der Waals surface area contributed by atoms with Crippen molar-refractivity contribution in [2.75, 3.05) is 11.5 Å². The Balaban J connectivity index is 2.15. The summed E-state index contributed by atoms with van der Waals surface area (Å²) >= 11 is 0. The van der Waals surface area contributed by atoms with Crippen molar-refractivity contribution < 1.29 is 4.79 Å². The highest BCUT2D eigenvalue weighted by Crippen LogP contribution is 2.16. The summed E-state index contributed by atoms with van der Waals surface area (Å²) in [6.45, 7) is 6.29. The van der Waals surface area contributed by atoms with Crippen molar-refractivity contribution >= 4 is 24.7 Å². The molecule has 2 rings (SSSR count). The van der Waals surface area contributed by atoms with Gasteiger partial charge in [-0.15, -0.1) is 0 Å². The normalized spacial score (nSPS) is 11.2. The molecule has 0 heterocycles. The van der Waals surface area contributed by atoms with E-state index >= 15 is 0 Å². The van der Waals surface area contributed by atoms with Crippen LogP contribution in [0.15, 0.2) is 54.6 Å². The van der Waals surface area contributed by atoms with Crippen LogP contribution in [-0.4, -0.2) is 20.0 Å². The van der Waals surface area contributed by atoms with Gasteiger partial charge in [0, 0.05) is 17.4 Å². The number of benzene rings is 2. The van der Waals surface area contributed by atoms with Gasteiger partial charge in [0.1, 0.15) is 8.07 Å². The van der Waals surface area contributed by atoms with Gasteiger partial charge < -0.3 is 5.32 Å². The van der Waals surface area contributed by atoms with Crippen LogP contribution in [0, 0.1) is 0 Å². The number of hydrogen-bond acceptors (Lipinski definition) is 2. The van der Waals surface area contributed by atoms with E-state index in [1.807, 2.05) is 30.3 Å². The van der Waals surface area contributed by atoms with Gasteiger partial charge >= 0.3 is 0 Å². The lowest BCUT2D eigenvalue weighted by molar-refractivity contribution is 0.101. The van der Waals surface area contributed by atoms with Crippen molar-refractivity contribution in [3.8, 4) is 0 Å². The molecule has 0 unspecified atom stereocenters. The minimum absolute atomic E-state index is 0.104. The molecule has 2 aromatic carbocycles. The Bertz CT molecular complexity index is 593. The zero-order chi connectivity index (χ0) is 14.6. The minimum atomic E-state index is -1.54. The lowest BCUT2D eigenvalue weighted by atomic mass is 10.1. The van der Waals surface area contributed by atoms with Crippen molar-refractivity contribution in [3.63, 3.8) is 0 Å². The predicted octanol–water partition coefficient (Wildman–Crippen LogP) is 3.46. The highest BCUT2D eigenvalue weighted by Gasteiger charge is 2.23. The monoisotopic (exact) mass is 283 g/mol. The number of carbonyl (C=O) groups excluding carboxylic acids is 1. The Morgan fingerprint density at radius 1 is 1.00 bits per heavy atom. The molecule has 0 atom stereocenters. The molecule has 0 spiro atoms. The van der Waals surface area contributed by atoms with Crippen LogP contribution in [0.4, 0.5) is 5.69 Å². The highest BCUT2D eigenvalue weighted by molar-refractivity contribution is 6.90. The molecule has 0 saturated heterocycles. The van der Waals surface area contributed by atoms with E-state index in [1.54, 1.807) is 6.92 Å². The number of Topliss-reactive ketones (excluding diaryl/α,β-unsaturated/α-hetero) is 1. The number of nitrogens with one attached hydrogen (secondary N) is 1. The molecule has 3 heteroatoms. The van der Waals surface area contributed by atoms with E-state index in [-0.39, 0.29) is 5.78 Å². The number of ketones is 1. The summed E-state index contributed by atoms with van der Waals surface area (Å²) in [5, 5.41) is 4.90. The first-order chi connectivity index (χ1) is 9.50. The van der Waals surface area contributed by atoms with E-state index < -0.39 is 8.07 Å². The van der Waals surface area contributed by atoms with Crippen molar-refractivity contribution in [2.24, 2.45) is 0 Å². The highest BCUT2D eigenvalue weighted by atomic mass is 28.3. The molecule has 0 saturated carbocycles. The largest absolute Gasteiger partial charge is 0.387 e. The minimum Gasteiger partial charge on any atom is -0.387 e. The zero-order valence-corrected chi connectivity index (χ0v) is 13.3. The summed E-state index contributed by atoms with van der Waals surface area (Å²) in [4.78, 5) is 11.6. The molecule has 1 N–H and O–H groups in total. The maximum atomic E-state index is 11.6. The Hall–Kier alpha value is -1.87. The summed E-state index contributed by atoms with van der Waals surface area (Å²) in [5.41, 5.74) is 1.71. The van der Waals surface area contributed by atoms with Crippen molar-refractivity contribution in [1.82, 2.24) is 0 Å². The fourth-order valence-electron chi connectivity index (χ4n) is 2.25. The smallest absolute Gasteiger partial charge is 0.161 e. The molecule has 104 valence electrons. The van der Waals surface area contributed by atoms with E-state index in [9.17, 15) is 4.79 Å².